The van der Waals surface area contributed by atoms with Gasteiger partial charge in [-0.1, -0.05) is 25.5 Å². The molecule has 3 aromatic carbocycles. The Labute approximate surface area is 196 Å². The average Bonchev–Trinajstić information content (AvgIpc) is 2.77. The zero-order valence-electron chi connectivity index (χ0n) is 18.3. The van der Waals surface area contributed by atoms with Crippen molar-refractivity contribution in [1.82, 2.24) is 0 Å². The highest BCUT2D eigenvalue weighted by Crippen LogP contribution is 2.37. The highest BCUT2D eigenvalue weighted by Gasteiger charge is 2.38. The second kappa shape index (κ2) is 10.1. The smallest absolute Gasteiger partial charge is 0.426 e. The molecule has 0 atom stereocenters. The Balaban J connectivity index is 1.70. The second-order valence-corrected chi connectivity index (χ2v) is 7.70. The van der Waals surface area contributed by atoms with E-state index < -0.39 is 52.4 Å². The Bertz CT molecular complexity index is 1120. The number of halogens is 8. The van der Waals surface area contributed by atoms with E-state index in [1.807, 2.05) is 6.92 Å². The topological polar surface area (TPSA) is 18.5 Å². The van der Waals surface area contributed by atoms with Gasteiger partial charge in [-0.05, 0) is 66.9 Å². The van der Waals surface area contributed by atoms with E-state index >= 15 is 0 Å². The standard InChI is InChI=1S/C25H20F8O2/c1-2-3-4-16-5-7-17(8-6-16)24(30,31)34-19-11-9-18(10-12-19)25(32,33)35-20-13-14-21(22(26)15-20)23(27,28)29/h5-15H,2-4H2,1H3. The summed E-state index contributed by atoms with van der Waals surface area (Å²) in [7, 11) is 0. The van der Waals surface area contributed by atoms with E-state index in [0.717, 1.165) is 49.1 Å². The molecule has 0 radical (unpaired) electrons. The maximum atomic E-state index is 14.5. The van der Waals surface area contributed by atoms with Crippen LogP contribution < -0.4 is 9.47 Å². The van der Waals surface area contributed by atoms with Gasteiger partial charge in [-0.15, -0.1) is 0 Å². The lowest BCUT2D eigenvalue weighted by atomic mass is 10.1. The molecular formula is C25H20F8O2. The summed E-state index contributed by atoms with van der Waals surface area (Å²) in [5.74, 6) is -3.05. The predicted octanol–water partition coefficient (Wildman–Crippen LogP) is 8.44. The highest BCUT2D eigenvalue weighted by molar-refractivity contribution is 5.34. The number of alkyl halides is 7. The fourth-order valence-corrected chi connectivity index (χ4v) is 3.17. The first-order valence-electron chi connectivity index (χ1n) is 10.5. The third kappa shape index (κ3) is 6.64. The summed E-state index contributed by atoms with van der Waals surface area (Å²) in [6.45, 7) is 2.01. The number of unbranched alkanes of at least 4 members (excludes halogenated alkanes) is 1. The molecule has 3 rings (SSSR count). The summed E-state index contributed by atoms with van der Waals surface area (Å²) < 4.78 is 118. The number of hydrogen-bond acceptors (Lipinski definition) is 2. The van der Waals surface area contributed by atoms with Crippen molar-refractivity contribution in [1.29, 1.82) is 0 Å². The Hall–Kier alpha value is -3.30. The third-order valence-corrected chi connectivity index (χ3v) is 5.04. The average molecular weight is 504 g/mol. The van der Waals surface area contributed by atoms with E-state index in [-0.39, 0.29) is 12.1 Å². The largest absolute Gasteiger partial charge is 0.429 e. The Morgan fingerprint density at radius 3 is 1.63 bits per heavy atom. The molecule has 188 valence electrons. The van der Waals surface area contributed by atoms with E-state index in [2.05, 4.69) is 9.47 Å². The van der Waals surface area contributed by atoms with Crippen LogP contribution in [-0.4, -0.2) is 0 Å². The van der Waals surface area contributed by atoms with Gasteiger partial charge in [0.2, 0.25) is 0 Å². The fraction of sp³-hybridized carbons (Fsp3) is 0.280. The van der Waals surface area contributed by atoms with Gasteiger partial charge in [-0.25, -0.2) is 4.39 Å². The number of benzene rings is 3. The maximum absolute atomic E-state index is 14.5. The van der Waals surface area contributed by atoms with Crippen LogP contribution in [0.3, 0.4) is 0 Å². The molecule has 0 amide bonds. The van der Waals surface area contributed by atoms with Gasteiger partial charge >= 0.3 is 18.4 Å². The molecule has 35 heavy (non-hydrogen) atoms. The molecule has 0 aliphatic carbocycles. The molecule has 0 aromatic heterocycles. The fourth-order valence-electron chi connectivity index (χ4n) is 3.17. The van der Waals surface area contributed by atoms with Gasteiger partial charge in [-0.3, -0.25) is 0 Å². The third-order valence-electron chi connectivity index (χ3n) is 5.04. The zero-order valence-corrected chi connectivity index (χ0v) is 18.3. The first kappa shape index (κ1) is 26.3. The van der Waals surface area contributed by atoms with E-state index in [1.165, 1.54) is 12.1 Å². The normalized spacial score (nSPS) is 12.5. The Kier molecular flexibility index (Phi) is 7.62. The van der Waals surface area contributed by atoms with E-state index in [4.69, 9.17) is 0 Å². The minimum atomic E-state index is -5.00. The van der Waals surface area contributed by atoms with Crippen LogP contribution in [-0.2, 0) is 24.8 Å². The molecule has 2 nitrogen and oxygen atoms in total. The van der Waals surface area contributed by atoms with E-state index in [9.17, 15) is 35.1 Å². The van der Waals surface area contributed by atoms with Crippen LogP contribution in [0, 0.1) is 5.82 Å². The van der Waals surface area contributed by atoms with Crippen molar-refractivity contribution >= 4 is 0 Å². The van der Waals surface area contributed by atoms with Gasteiger partial charge in [-0.2, -0.15) is 30.7 Å². The SMILES string of the molecule is CCCCc1ccc(C(F)(F)Oc2ccc(C(F)(F)Oc3ccc(C(F)(F)F)c(F)c3)cc2)cc1. The molecule has 0 saturated carbocycles. The van der Waals surface area contributed by atoms with Crippen LogP contribution in [0.1, 0.15) is 42.0 Å². The van der Waals surface area contributed by atoms with Crippen molar-refractivity contribution in [3.63, 3.8) is 0 Å². The zero-order chi connectivity index (χ0) is 25.9. The molecule has 10 heteroatoms. The monoisotopic (exact) mass is 504 g/mol. The Morgan fingerprint density at radius 1 is 0.657 bits per heavy atom. The summed E-state index contributed by atoms with van der Waals surface area (Å²) in [4.78, 5) is 0. The summed E-state index contributed by atoms with van der Waals surface area (Å²) in [5.41, 5.74) is -1.97. The van der Waals surface area contributed by atoms with Crippen molar-refractivity contribution < 1.29 is 44.6 Å². The van der Waals surface area contributed by atoms with Gasteiger partial charge < -0.3 is 9.47 Å². The van der Waals surface area contributed by atoms with Gasteiger partial charge in [0.25, 0.3) is 0 Å². The van der Waals surface area contributed by atoms with Gasteiger partial charge in [0.05, 0.1) is 16.7 Å². The van der Waals surface area contributed by atoms with Crippen LogP contribution in [0.25, 0.3) is 0 Å². The Morgan fingerprint density at radius 2 is 1.14 bits per heavy atom. The molecule has 0 aliphatic rings. The number of ether oxygens (including phenoxy) is 2. The van der Waals surface area contributed by atoms with E-state index in [0.29, 0.717) is 6.07 Å². The van der Waals surface area contributed by atoms with Crippen LogP contribution in [0.2, 0.25) is 0 Å². The van der Waals surface area contributed by atoms with Gasteiger partial charge in [0.15, 0.2) is 0 Å². The van der Waals surface area contributed by atoms with Crippen LogP contribution in [0.5, 0.6) is 11.5 Å². The lowest BCUT2D eigenvalue weighted by Crippen LogP contribution is -2.23. The molecule has 0 N–H and O–H groups in total. The van der Waals surface area contributed by atoms with Gasteiger partial charge in [0, 0.05) is 6.07 Å². The van der Waals surface area contributed by atoms with Crippen molar-refractivity contribution in [3.05, 3.63) is 94.8 Å². The summed E-state index contributed by atoms with van der Waals surface area (Å²) in [6.07, 6.45) is -10.2. The molecule has 0 saturated heterocycles. The highest BCUT2D eigenvalue weighted by atomic mass is 19.4. The van der Waals surface area contributed by atoms with Crippen molar-refractivity contribution in [2.24, 2.45) is 0 Å². The lowest BCUT2D eigenvalue weighted by Gasteiger charge is -2.21. The molecule has 0 spiro atoms. The van der Waals surface area contributed by atoms with E-state index in [1.54, 1.807) is 12.1 Å². The maximum Gasteiger partial charge on any atom is 0.426 e. The quantitative estimate of drug-likeness (QED) is 0.272. The van der Waals surface area contributed by atoms with Crippen LogP contribution in [0.4, 0.5) is 35.1 Å². The van der Waals surface area contributed by atoms with Gasteiger partial charge in [0.1, 0.15) is 17.3 Å². The molecular weight excluding hydrogens is 484 g/mol. The number of rotatable bonds is 9. The summed E-state index contributed by atoms with van der Waals surface area (Å²) in [5, 5.41) is 0. The summed E-state index contributed by atoms with van der Waals surface area (Å²) >= 11 is 0. The second-order valence-electron chi connectivity index (χ2n) is 7.70. The molecule has 0 unspecified atom stereocenters. The minimum Gasteiger partial charge on any atom is -0.429 e. The first-order chi connectivity index (χ1) is 16.3. The number of aryl methyl sites for hydroxylation is 1. The van der Waals surface area contributed by atoms with Crippen LogP contribution >= 0.6 is 0 Å². The molecule has 0 fully saturated rings. The van der Waals surface area contributed by atoms with Crippen molar-refractivity contribution in [3.8, 4) is 11.5 Å². The van der Waals surface area contributed by atoms with Crippen molar-refractivity contribution in [2.45, 2.75) is 44.6 Å². The predicted molar refractivity (Wildman–Crippen MR) is 112 cm³/mol. The molecule has 3 aromatic rings. The number of hydrogen-bond donors (Lipinski definition) is 0. The first-order valence-corrected chi connectivity index (χ1v) is 10.5. The summed E-state index contributed by atoms with van der Waals surface area (Å²) in [6, 6.07) is 9.81. The molecule has 0 bridgehead atoms. The van der Waals surface area contributed by atoms with Crippen LogP contribution in [0.15, 0.2) is 66.7 Å². The van der Waals surface area contributed by atoms with Crippen molar-refractivity contribution in [2.75, 3.05) is 0 Å². The lowest BCUT2D eigenvalue weighted by molar-refractivity contribution is -0.187. The minimum absolute atomic E-state index is 0.183. The molecule has 0 aliphatic heterocycles. The molecule has 0 heterocycles.